The van der Waals surface area contributed by atoms with Crippen LogP contribution in [0.3, 0.4) is 0 Å². The van der Waals surface area contributed by atoms with E-state index in [9.17, 15) is 13.2 Å². The Balaban J connectivity index is 2.79. The van der Waals surface area contributed by atoms with Gasteiger partial charge in [0, 0.05) is 11.9 Å². The molecule has 0 aliphatic heterocycles. The molecule has 9 heteroatoms. The Morgan fingerprint density at radius 2 is 2.05 bits per heavy atom. The molecule has 0 radical (unpaired) electrons. The van der Waals surface area contributed by atoms with Crippen molar-refractivity contribution in [2.24, 2.45) is 5.92 Å². The van der Waals surface area contributed by atoms with Crippen molar-refractivity contribution in [3.05, 3.63) is 22.8 Å². The van der Waals surface area contributed by atoms with Gasteiger partial charge >= 0.3 is 6.18 Å². The molecular formula is C11H6ClF3N4S. The van der Waals surface area contributed by atoms with Gasteiger partial charge in [0.1, 0.15) is 5.03 Å². The summed E-state index contributed by atoms with van der Waals surface area (Å²) in [6.45, 7) is 0. The van der Waals surface area contributed by atoms with Crippen molar-refractivity contribution >= 4 is 29.1 Å². The van der Waals surface area contributed by atoms with Gasteiger partial charge in [-0.15, -0.1) is 0 Å². The number of thioether (sulfide) groups is 1. The number of aromatic nitrogens is 1. The van der Waals surface area contributed by atoms with Crippen molar-refractivity contribution in [2.45, 2.75) is 11.2 Å². The van der Waals surface area contributed by atoms with Crippen molar-refractivity contribution in [1.29, 1.82) is 15.9 Å². The molecule has 0 saturated carbocycles. The lowest BCUT2D eigenvalue weighted by atomic mass is 10.1. The molecule has 1 N–H and O–H groups in total. The summed E-state index contributed by atoms with van der Waals surface area (Å²) in [7, 11) is 0. The van der Waals surface area contributed by atoms with E-state index in [1.165, 1.54) is 0 Å². The summed E-state index contributed by atoms with van der Waals surface area (Å²) >= 11 is 6.58. The number of rotatable bonds is 4. The third kappa shape index (κ3) is 4.12. The lowest BCUT2D eigenvalue weighted by Crippen LogP contribution is -2.12. The number of hydrogen-bond acceptors (Lipinski definition) is 5. The van der Waals surface area contributed by atoms with Crippen LogP contribution in [-0.2, 0) is 6.18 Å². The Labute approximate surface area is 121 Å². The number of hydrogen-bond donors (Lipinski definition) is 1. The maximum Gasteiger partial charge on any atom is 0.417 e. The summed E-state index contributed by atoms with van der Waals surface area (Å²) in [5, 5.41) is 24.6. The predicted octanol–water partition coefficient (Wildman–Crippen LogP) is 3.53. The molecule has 1 rings (SSSR count). The van der Waals surface area contributed by atoms with Crippen LogP contribution in [0.5, 0.6) is 0 Å². The number of nitriles is 2. The number of halogens is 4. The highest BCUT2D eigenvalue weighted by molar-refractivity contribution is 8.00. The molecular weight excluding hydrogens is 313 g/mol. The normalized spacial score (nSPS) is 10.9. The molecule has 4 nitrogen and oxygen atoms in total. The zero-order valence-electron chi connectivity index (χ0n) is 9.70. The van der Waals surface area contributed by atoms with Crippen molar-refractivity contribution in [2.75, 3.05) is 5.75 Å². The van der Waals surface area contributed by atoms with Gasteiger partial charge in [-0.3, -0.25) is 0 Å². The van der Waals surface area contributed by atoms with Crippen LogP contribution in [-0.4, -0.2) is 16.4 Å². The van der Waals surface area contributed by atoms with Crippen molar-refractivity contribution in [3.8, 4) is 12.1 Å². The van der Waals surface area contributed by atoms with Crippen LogP contribution in [0.2, 0.25) is 5.02 Å². The minimum Gasteiger partial charge on any atom is -0.306 e. The monoisotopic (exact) mass is 318 g/mol. The molecule has 1 aromatic heterocycles. The highest BCUT2D eigenvalue weighted by atomic mass is 35.5. The van der Waals surface area contributed by atoms with E-state index in [-0.39, 0.29) is 21.5 Å². The summed E-state index contributed by atoms with van der Waals surface area (Å²) < 4.78 is 37.2. The standard InChI is InChI=1S/C11H6ClF3N4S/c12-8-1-7(11(13,14)15)4-19-10(8)20-5-9(18)6(2-16)3-17/h1,4,6,18H,5H2. The van der Waals surface area contributed by atoms with Gasteiger partial charge in [-0.1, -0.05) is 23.4 Å². The zero-order valence-corrected chi connectivity index (χ0v) is 11.3. The number of nitrogens with one attached hydrogen (secondary N) is 1. The first-order valence-electron chi connectivity index (χ1n) is 5.01. The highest BCUT2D eigenvalue weighted by Crippen LogP contribution is 2.33. The Hall–Kier alpha value is -1.77. The van der Waals surface area contributed by atoms with Gasteiger partial charge < -0.3 is 5.41 Å². The average Bonchev–Trinajstić information content (AvgIpc) is 2.37. The van der Waals surface area contributed by atoms with Crippen LogP contribution < -0.4 is 0 Å². The quantitative estimate of drug-likeness (QED) is 0.680. The van der Waals surface area contributed by atoms with Gasteiger partial charge in [-0.2, -0.15) is 23.7 Å². The van der Waals surface area contributed by atoms with E-state index in [0.29, 0.717) is 6.20 Å². The zero-order chi connectivity index (χ0) is 15.3. The van der Waals surface area contributed by atoms with E-state index in [4.69, 9.17) is 27.5 Å². The molecule has 1 heterocycles. The first-order valence-corrected chi connectivity index (χ1v) is 6.38. The van der Waals surface area contributed by atoms with Crippen LogP contribution in [0, 0.1) is 34.0 Å². The maximum absolute atomic E-state index is 12.4. The Morgan fingerprint density at radius 1 is 1.45 bits per heavy atom. The minimum atomic E-state index is -4.53. The van der Waals surface area contributed by atoms with Gasteiger partial charge in [0.25, 0.3) is 0 Å². The van der Waals surface area contributed by atoms with Gasteiger partial charge in [0.2, 0.25) is 0 Å². The van der Waals surface area contributed by atoms with Crippen molar-refractivity contribution in [3.63, 3.8) is 0 Å². The van der Waals surface area contributed by atoms with E-state index >= 15 is 0 Å². The molecule has 0 atom stereocenters. The number of pyridine rings is 1. The Bertz CT molecular complexity index is 589. The smallest absolute Gasteiger partial charge is 0.306 e. The summed E-state index contributed by atoms with van der Waals surface area (Å²) in [6.07, 6.45) is -3.89. The lowest BCUT2D eigenvalue weighted by molar-refractivity contribution is -0.137. The summed E-state index contributed by atoms with van der Waals surface area (Å²) in [5.41, 5.74) is -1.12. The predicted molar refractivity (Wildman–Crippen MR) is 67.4 cm³/mol. The van der Waals surface area contributed by atoms with Gasteiger partial charge in [-0.05, 0) is 6.07 Å². The van der Waals surface area contributed by atoms with E-state index in [1.54, 1.807) is 12.1 Å². The van der Waals surface area contributed by atoms with E-state index < -0.39 is 17.7 Å². The SMILES string of the molecule is N#CC(C#N)C(=N)CSc1ncc(C(F)(F)F)cc1Cl. The molecule has 0 aliphatic carbocycles. The topological polar surface area (TPSA) is 84.3 Å². The van der Waals surface area contributed by atoms with Crippen LogP contribution in [0.15, 0.2) is 17.3 Å². The second kappa shape index (κ2) is 6.60. The molecule has 20 heavy (non-hydrogen) atoms. The number of alkyl halides is 3. The Kier molecular flexibility index (Phi) is 5.37. The highest BCUT2D eigenvalue weighted by Gasteiger charge is 2.31. The second-order valence-electron chi connectivity index (χ2n) is 3.51. The Morgan fingerprint density at radius 3 is 2.50 bits per heavy atom. The molecule has 0 spiro atoms. The van der Waals surface area contributed by atoms with E-state index in [2.05, 4.69) is 4.98 Å². The van der Waals surface area contributed by atoms with Crippen LogP contribution in [0.4, 0.5) is 13.2 Å². The molecule has 0 bridgehead atoms. The summed E-state index contributed by atoms with van der Waals surface area (Å²) in [4.78, 5) is 3.58. The average molecular weight is 319 g/mol. The van der Waals surface area contributed by atoms with Gasteiger partial charge in [-0.25, -0.2) is 4.98 Å². The maximum atomic E-state index is 12.4. The fourth-order valence-corrected chi connectivity index (χ4v) is 2.21. The molecule has 0 aromatic carbocycles. The summed E-state index contributed by atoms with van der Waals surface area (Å²) in [6, 6.07) is 4.00. The third-order valence-corrected chi connectivity index (χ3v) is 3.56. The second-order valence-corrected chi connectivity index (χ2v) is 4.89. The lowest BCUT2D eigenvalue weighted by Gasteiger charge is -2.09. The van der Waals surface area contributed by atoms with Crippen LogP contribution in [0.25, 0.3) is 0 Å². The fraction of sp³-hybridized carbons (Fsp3) is 0.273. The van der Waals surface area contributed by atoms with Gasteiger partial charge in [0.05, 0.1) is 28.4 Å². The first-order chi connectivity index (χ1) is 9.29. The van der Waals surface area contributed by atoms with Crippen molar-refractivity contribution < 1.29 is 13.2 Å². The summed E-state index contributed by atoms with van der Waals surface area (Å²) in [5.74, 6) is -1.24. The molecule has 0 unspecified atom stereocenters. The van der Waals surface area contributed by atoms with E-state index in [0.717, 1.165) is 17.8 Å². The molecule has 0 fully saturated rings. The largest absolute Gasteiger partial charge is 0.417 e. The van der Waals surface area contributed by atoms with E-state index in [1.807, 2.05) is 0 Å². The number of nitrogens with zero attached hydrogens (tertiary/aromatic N) is 3. The molecule has 0 amide bonds. The minimum absolute atomic E-state index is 0.0517. The molecule has 0 saturated heterocycles. The first kappa shape index (κ1) is 16.3. The van der Waals surface area contributed by atoms with Crippen LogP contribution >= 0.6 is 23.4 Å². The molecule has 1 aromatic rings. The molecule has 0 aliphatic rings. The van der Waals surface area contributed by atoms with Gasteiger partial charge in [0.15, 0.2) is 5.92 Å². The molecule has 104 valence electrons. The fourth-order valence-electron chi connectivity index (χ4n) is 1.10. The van der Waals surface area contributed by atoms with Crippen molar-refractivity contribution in [1.82, 2.24) is 4.98 Å². The van der Waals surface area contributed by atoms with Crippen LogP contribution in [0.1, 0.15) is 5.56 Å². The third-order valence-electron chi connectivity index (χ3n) is 2.11.